The molecule has 7 heteroatoms. The van der Waals surface area contributed by atoms with Crippen LogP contribution in [0.3, 0.4) is 0 Å². The first kappa shape index (κ1) is 17.3. The van der Waals surface area contributed by atoms with Crippen LogP contribution in [0.2, 0.25) is 0 Å². The maximum atomic E-state index is 12.3. The predicted octanol–water partition coefficient (Wildman–Crippen LogP) is 3.07. The minimum atomic E-state index is -4.23. The third kappa shape index (κ3) is 7.55. The van der Waals surface area contributed by atoms with Crippen molar-refractivity contribution in [3.63, 3.8) is 0 Å². The van der Waals surface area contributed by atoms with Crippen molar-refractivity contribution >= 4 is 11.7 Å². The second-order valence-corrected chi connectivity index (χ2v) is 4.79. The second-order valence-electron chi connectivity index (χ2n) is 4.79. The SMILES string of the molecule is CC(O)CCNC(=O)Nc1ccccc1CCC(F)(F)F. The van der Waals surface area contributed by atoms with E-state index >= 15 is 0 Å². The van der Waals surface area contributed by atoms with E-state index in [-0.39, 0.29) is 13.0 Å². The Labute approximate surface area is 121 Å². The fourth-order valence-corrected chi connectivity index (χ4v) is 1.70. The molecular formula is C14H19F3N2O2. The lowest BCUT2D eigenvalue weighted by Crippen LogP contribution is -2.31. The van der Waals surface area contributed by atoms with Crippen molar-refractivity contribution in [2.24, 2.45) is 0 Å². The Morgan fingerprint density at radius 2 is 2.00 bits per heavy atom. The molecule has 0 saturated heterocycles. The van der Waals surface area contributed by atoms with E-state index < -0.39 is 24.7 Å². The molecule has 1 rings (SSSR count). The van der Waals surface area contributed by atoms with Gasteiger partial charge in [0, 0.05) is 18.7 Å². The molecule has 3 N–H and O–H groups in total. The molecule has 0 aromatic heterocycles. The van der Waals surface area contributed by atoms with Crippen LogP contribution in [0.25, 0.3) is 0 Å². The number of aliphatic hydroxyl groups is 1. The van der Waals surface area contributed by atoms with Gasteiger partial charge in [-0.3, -0.25) is 0 Å². The molecular weight excluding hydrogens is 285 g/mol. The summed E-state index contributed by atoms with van der Waals surface area (Å²) in [7, 11) is 0. The molecule has 4 nitrogen and oxygen atoms in total. The fraction of sp³-hybridized carbons (Fsp3) is 0.500. The predicted molar refractivity (Wildman–Crippen MR) is 74.1 cm³/mol. The normalized spacial score (nSPS) is 12.8. The summed E-state index contributed by atoms with van der Waals surface area (Å²) in [5.41, 5.74) is 0.789. The van der Waals surface area contributed by atoms with Gasteiger partial charge >= 0.3 is 12.2 Å². The minimum absolute atomic E-state index is 0.187. The van der Waals surface area contributed by atoms with Crippen molar-refractivity contribution in [1.82, 2.24) is 5.32 Å². The van der Waals surface area contributed by atoms with E-state index in [1.54, 1.807) is 31.2 Å². The number of para-hydroxylation sites is 1. The highest BCUT2D eigenvalue weighted by Gasteiger charge is 2.26. The van der Waals surface area contributed by atoms with Crippen LogP contribution >= 0.6 is 0 Å². The standard InChI is InChI=1S/C14H19F3N2O2/c1-10(20)7-9-18-13(21)19-12-5-3-2-4-11(12)6-8-14(15,16)17/h2-5,10,20H,6-9H2,1H3,(H2,18,19,21). The first-order valence-electron chi connectivity index (χ1n) is 6.65. The number of carbonyl (C=O) groups excluding carboxylic acids is 1. The average Bonchev–Trinajstić information content (AvgIpc) is 2.36. The molecule has 0 bridgehead atoms. The third-order valence-electron chi connectivity index (χ3n) is 2.79. The molecule has 0 saturated carbocycles. The van der Waals surface area contributed by atoms with Gasteiger partial charge in [-0.2, -0.15) is 13.2 Å². The Balaban J connectivity index is 2.56. The van der Waals surface area contributed by atoms with Gasteiger partial charge in [-0.15, -0.1) is 0 Å². The minimum Gasteiger partial charge on any atom is -0.393 e. The monoisotopic (exact) mass is 304 g/mol. The number of nitrogens with one attached hydrogen (secondary N) is 2. The number of amides is 2. The van der Waals surface area contributed by atoms with Gasteiger partial charge in [-0.25, -0.2) is 4.79 Å². The third-order valence-corrected chi connectivity index (χ3v) is 2.79. The first-order chi connectivity index (χ1) is 9.78. The quantitative estimate of drug-likeness (QED) is 0.756. The molecule has 0 radical (unpaired) electrons. The van der Waals surface area contributed by atoms with Gasteiger partial charge in [0.05, 0.1) is 6.10 Å². The maximum absolute atomic E-state index is 12.3. The number of alkyl halides is 3. The van der Waals surface area contributed by atoms with E-state index in [2.05, 4.69) is 10.6 Å². The van der Waals surface area contributed by atoms with Crippen molar-refractivity contribution in [1.29, 1.82) is 0 Å². The summed E-state index contributed by atoms with van der Waals surface area (Å²) in [6, 6.07) is 5.87. The van der Waals surface area contributed by atoms with Crippen LogP contribution in [0.5, 0.6) is 0 Å². The summed E-state index contributed by atoms with van der Waals surface area (Å²) in [6.07, 6.45) is -5.47. The smallest absolute Gasteiger partial charge is 0.389 e. The highest BCUT2D eigenvalue weighted by atomic mass is 19.4. The second kappa shape index (κ2) is 7.87. The van der Waals surface area contributed by atoms with Gasteiger partial charge in [0.25, 0.3) is 0 Å². The van der Waals surface area contributed by atoms with Crippen molar-refractivity contribution in [2.45, 2.75) is 38.5 Å². The van der Waals surface area contributed by atoms with Crippen LogP contribution in [0.4, 0.5) is 23.7 Å². The Morgan fingerprint density at radius 3 is 2.62 bits per heavy atom. The number of hydrogen-bond donors (Lipinski definition) is 3. The molecule has 0 spiro atoms. The molecule has 1 aromatic carbocycles. The number of anilines is 1. The summed E-state index contributed by atoms with van der Waals surface area (Å²) in [5.74, 6) is 0. The van der Waals surface area contributed by atoms with Crippen molar-refractivity contribution in [3.8, 4) is 0 Å². The topological polar surface area (TPSA) is 61.4 Å². The van der Waals surface area contributed by atoms with E-state index in [0.29, 0.717) is 17.7 Å². The maximum Gasteiger partial charge on any atom is 0.389 e. The summed E-state index contributed by atoms with van der Waals surface area (Å²) in [5, 5.41) is 14.1. The lowest BCUT2D eigenvalue weighted by Gasteiger charge is -2.13. The summed E-state index contributed by atoms with van der Waals surface area (Å²) in [6.45, 7) is 1.89. The molecule has 21 heavy (non-hydrogen) atoms. The number of rotatable bonds is 6. The Bertz CT molecular complexity index is 462. The average molecular weight is 304 g/mol. The zero-order valence-electron chi connectivity index (χ0n) is 11.7. The van der Waals surface area contributed by atoms with Crippen molar-refractivity contribution in [2.75, 3.05) is 11.9 Å². The van der Waals surface area contributed by atoms with Gasteiger partial charge in [0.15, 0.2) is 0 Å². The van der Waals surface area contributed by atoms with Crippen LogP contribution in [0.15, 0.2) is 24.3 Å². The van der Waals surface area contributed by atoms with Crippen molar-refractivity contribution < 1.29 is 23.1 Å². The molecule has 1 atom stereocenters. The zero-order chi connectivity index (χ0) is 15.9. The highest BCUT2D eigenvalue weighted by Crippen LogP contribution is 2.25. The zero-order valence-corrected chi connectivity index (χ0v) is 11.7. The molecule has 0 aliphatic carbocycles. The summed E-state index contributed by atoms with van der Waals surface area (Å²) < 4.78 is 36.8. The van der Waals surface area contributed by atoms with Crippen LogP contribution < -0.4 is 10.6 Å². The van der Waals surface area contributed by atoms with E-state index in [1.807, 2.05) is 0 Å². The lowest BCUT2D eigenvalue weighted by molar-refractivity contribution is -0.133. The number of benzene rings is 1. The van der Waals surface area contributed by atoms with Gasteiger partial charge in [0.2, 0.25) is 0 Å². The number of hydrogen-bond acceptors (Lipinski definition) is 2. The molecule has 0 fully saturated rings. The van der Waals surface area contributed by atoms with Crippen LogP contribution in [-0.4, -0.2) is 30.0 Å². The molecule has 118 valence electrons. The molecule has 0 heterocycles. The Morgan fingerprint density at radius 1 is 1.33 bits per heavy atom. The van der Waals surface area contributed by atoms with Gasteiger partial charge in [-0.1, -0.05) is 18.2 Å². The number of urea groups is 1. The first-order valence-corrected chi connectivity index (χ1v) is 6.65. The molecule has 0 aliphatic rings. The van der Waals surface area contributed by atoms with Crippen LogP contribution in [-0.2, 0) is 6.42 Å². The van der Waals surface area contributed by atoms with Crippen molar-refractivity contribution in [3.05, 3.63) is 29.8 Å². The van der Waals surface area contributed by atoms with E-state index in [0.717, 1.165) is 0 Å². The largest absolute Gasteiger partial charge is 0.393 e. The lowest BCUT2D eigenvalue weighted by atomic mass is 10.1. The molecule has 2 amide bonds. The van der Waals surface area contributed by atoms with E-state index in [1.165, 1.54) is 0 Å². The number of aliphatic hydroxyl groups excluding tert-OH is 1. The Kier molecular flexibility index (Phi) is 6.48. The molecule has 1 unspecified atom stereocenters. The Hall–Kier alpha value is -1.76. The summed E-state index contributed by atoms with van der Waals surface area (Å²) in [4.78, 5) is 11.6. The van der Waals surface area contributed by atoms with E-state index in [4.69, 9.17) is 5.11 Å². The molecule has 0 aliphatic heterocycles. The van der Waals surface area contributed by atoms with Crippen LogP contribution in [0, 0.1) is 0 Å². The van der Waals surface area contributed by atoms with E-state index in [9.17, 15) is 18.0 Å². The number of carbonyl (C=O) groups is 1. The summed E-state index contributed by atoms with van der Waals surface area (Å²) >= 11 is 0. The fourth-order valence-electron chi connectivity index (χ4n) is 1.70. The van der Waals surface area contributed by atoms with Gasteiger partial charge in [0.1, 0.15) is 0 Å². The van der Waals surface area contributed by atoms with Crippen LogP contribution in [0.1, 0.15) is 25.3 Å². The highest BCUT2D eigenvalue weighted by molar-refractivity contribution is 5.90. The number of aryl methyl sites for hydroxylation is 1. The van der Waals surface area contributed by atoms with Gasteiger partial charge < -0.3 is 15.7 Å². The molecule has 1 aromatic rings. The number of halogens is 3. The van der Waals surface area contributed by atoms with Gasteiger partial charge in [-0.05, 0) is 31.4 Å².